The maximum Gasteiger partial charge on any atom is 0.319 e. The van der Waals surface area contributed by atoms with Crippen molar-refractivity contribution in [1.29, 1.82) is 0 Å². The van der Waals surface area contributed by atoms with Gasteiger partial charge < -0.3 is 10.6 Å². The van der Waals surface area contributed by atoms with Gasteiger partial charge in [-0.3, -0.25) is 0 Å². The van der Waals surface area contributed by atoms with Gasteiger partial charge in [0.05, 0.1) is 0 Å². The number of urea groups is 1. The van der Waals surface area contributed by atoms with E-state index in [1.165, 1.54) is 0 Å². The molecule has 112 valence electrons. The van der Waals surface area contributed by atoms with Crippen molar-refractivity contribution >= 4 is 23.3 Å². The summed E-state index contributed by atoms with van der Waals surface area (Å²) in [5.41, 5.74) is 1.71. The summed E-state index contributed by atoms with van der Waals surface area (Å²) in [6.45, 7) is 11.4. The molecular formula is C16H25ClN2O. The van der Waals surface area contributed by atoms with E-state index in [-0.39, 0.29) is 6.03 Å². The summed E-state index contributed by atoms with van der Waals surface area (Å²) in [5, 5.41) is 6.40. The highest BCUT2D eigenvalue weighted by Gasteiger charge is 2.18. The first kappa shape index (κ1) is 16.8. The molecule has 2 amide bonds. The highest BCUT2D eigenvalue weighted by Crippen LogP contribution is 2.21. The lowest BCUT2D eigenvalue weighted by Gasteiger charge is -2.25. The van der Waals surface area contributed by atoms with Crippen molar-refractivity contribution in [3.63, 3.8) is 0 Å². The van der Waals surface area contributed by atoms with Crippen LogP contribution in [0.3, 0.4) is 0 Å². The Bertz CT molecular complexity index is 450. The standard InChI is InChI=1S/C16H25ClN2O/c1-10(2)14(11(3)4)9-18-16(20)19-13-7-6-12(5)15(17)8-13/h6-8,10-11,14H,9H2,1-5H3,(H2,18,19,20). The summed E-state index contributed by atoms with van der Waals surface area (Å²) in [7, 11) is 0. The third-order valence-electron chi connectivity index (χ3n) is 3.64. The molecule has 0 unspecified atom stereocenters. The molecule has 0 heterocycles. The molecule has 0 aliphatic rings. The molecule has 0 aliphatic carbocycles. The first-order valence-electron chi connectivity index (χ1n) is 7.12. The molecule has 1 aromatic carbocycles. The fourth-order valence-electron chi connectivity index (χ4n) is 2.30. The van der Waals surface area contributed by atoms with Crippen LogP contribution in [0.15, 0.2) is 18.2 Å². The van der Waals surface area contributed by atoms with E-state index in [4.69, 9.17) is 11.6 Å². The van der Waals surface area contributed by atoms with Gasteiger partial charge in [-0.2, -0.15) is 0 Å². The number of benzene rings is 1. The lowest BCUT2D eigenvalue weighted by Crippen LogP contribution is -2.36. The second kappa shape index (κ2) is 7.53. The van der Waals surface area contributed by atoms with Crippen molar-refractivity contribution in [2.75, 3.05) is 11.9 Å². The number of nitrogens with one attached hydrogen (secondary N) is 2. The Labute approximate surface area is 127 Å². The SMILES string of the molecule is Cc1ccc(NC(=O)NCC(C(C)C)C(C)C)cc1Cl. The highest BCUT2D eigenvalue weighted by atomic mass is 35.5. The van der Waals surface area contributed by atoms with Crippen LogP contribution in [-0.4, -0.2) is 12.6 Å². The minimum absolute atomic E-state index is 0.184. The van der Waals surface area contributed by atoms with Crippen LogP contribution >= 0.6 is 11.6 Å². The van der Waals surface area contributed by atoms with Crippen LogP contribution in [0.2, 0.25) is 5.02 Å². The molecule has 0 spiro atoms. The van der Waals surface area contributed by atoms with E-state index in [0.717, 1.165) is 5.56 Å². The molecule has 0 radical (unpaired) electrons. The number of hydrogen-bond acceptors (Lipinski definition) is 1. The zero-order valence-corrected chi connectivity index (χ0v) is 13.7. The molecule has 0 bridgehead atoms. The summed E-state index contributed by atoms with van der Waals surface area (Å²) >= 11 is 6.04. The maximum atomic E-state index is 11.9. The van der Waals surface area contributed by atoms with E-state index >= 15 is 0 Å². The van der Waals surface area contributed by atoms with Gasteiger partial charge in [-0.1, -0.05) is 45.4 Å². The molecule has 0 fully saturated rings. The van der Waals surface area contributed by atoms with Crippen molar-refractivity contribution in [1.82, 2.24) is 5.32 Å². The van der Waals surface area contributed by atoms with E-state index in [2.05, 4.69) is 38.3 Å². The Kier molecular flexibility index (Phi) is 6.34. The Morgan fingerprint density at radius 3 is 2.30 bits per heavy atom. The van der Waals surface area contributed by atoms with Gasteiger partial charge >= 0.3 is 6.03 Å². The number of carbonyl (C=O) groups excluding carboxylic acids is 1. The average molecular weight is 297 g/mol. The molecule has 0 aliphatic heterocycles. The Hall–Kier alpha value is -1.22. The van der Waals surface area contributed by atoms with Crippen molar-refractivity contribution in [3.8, 4) is 0 Å². The zero-order valence-electron chi connectivity index (χ0n) is 13.0. The predicted octanol–water partition coefficient (Wildman–Crippen LogP) is 4.70. The van der Waals surface area contributed by atoms with Gasteiger partial charge in [-0.25, -0.2) is 4.79 Å². The Balaban J connectivity index is 2.53. The molecular weight excluding hydrogens is 272 g/mol. The van der Waals surface area contributed by atoms with Crippen LogP contribution in [0.1, 0.15) is 33.3 Å². The molecule has 2 N–H and O–H groups in total. The number of hydrogen-bond donors (Lipinski definition) is 2. The summed E-state index contributed by atoms with van der Waals surface area (Å²) < 4.78 is 0. The number of halogens is 1. The maximum absolute atomic E-state index is 11.9. The van der Waals surface area contributed by atoms with Crippen molar-refractivity contribution in [3.05, 3.63) is 28.8 Å². The van der Waals surface area contributed by atoms with Crippen LogP contribution in [0, 0.1) is 24.7 Å². The predicted molar refractivity (Wildman–Crippen MR) is 86.4 cm³/mol. The lowest BCUT2D eigenvalue weighted by atomic mass is 9.85. The number of amides is 2. The highest BCUT2D eigenvalue weighted by molar-refractivity contribution is 6.31. The smallest absolute Gasteiger partial charge is 0.319 e. The number of rotatable bonds is 5. The quantitative estimate of drug-likeness (QED) is 0.812. The molecule has 4 heteroatoms. The topological polar surface area (TPSA) is 41.1 Å². The van der Waals surface area contributed by atoms with Gasteiger partial charge in [-0.05, 0) is 42.4 Å². The molecule has 0 atom stereocenters. The normalized spacial score (nSPS) is 11.2. The second-order valence-corrected chi connectivity index (χ2v) is 6.36. The fraction of sp³-hybridized carbons (Fsp3) is 0.562. The summed E-state index contributed by atoms with van der Waals surface area (Å²) in [5.74, 6) is 1.57. The van der Waals surface area contributed by atoms with Gasteiger partial charge in [0, 0.05) is 17.3 Å². The van der Waals surface area contributed by atoms with Crippen LogP contribution in [0.25, 0.3) is 0 Å². The summed E-state index contributed by atoms with van der Waals surface area (Å²) in [6, 6.07) is 5.32. The van der Waals surface area contributed by atoms with E-state index < -0.39 is 0 Å². The third kappa shape index (κ3) is 5.04. The summed E-state index contributed by atoms with van der Waals surface area (Å²) in [4.78, 5) is 11.9. The first-order chi connectivity index (χ1) is 9.31. The fourth-order valence-corrected chi connectivity index (χ4v) is 2.48. The number of carbonyl (C=O) groups is 1. The summed E-state index contributed by atoms with van der Waals surface area (Å²) in [6.07, 6.45) is 0. The van der Waals surface area contributed by atoms with Crippen molar-refractivity contribution in [2.45, 2.75) is 34.6 Å². The Morgan fingerprint density at radius 2 is 1.80 bits per heavy atom. The van der Waals surface area contributed by atoms with Gasteiger partial charge in [-0.15, -0.1) is 0 Å². The minimum Gasteiger partial charge on any atom is -0.338 e. The third-order valence-corrected chi connectivity index (χ3v) is 4.05. The number of anilines is 1. The van der Waals surface area contributed by atoms with Crippen LogP contribution in [0.5, 0.6) is 0 Å². The van der Waals surface area contributed by atoms with E-state index in [1.54, 1.807) is 6.07 Å². The van der Waals surface area contributed by atoms with Gasteiger partial charge in [0.15, 0.2) is 0 Å². The van der Waals surface area contributed by atoms with Gasteiger partial charge in [0.1, 0.15) is 0 Å². The molecule has 0 saturated carbocycles. The van der Waals surface area contributed by atoms with Crippen LogP contribution < -0.4 is 10.6 Å². The molecule has 3 nitrogen and oxygen atoms in total. The molecule has 0 saturated heterocycles. The second-order valence-electron chi connectivity index (χ2n) is 5.95. The van der Waals surface area contributed by atoms with Crippen LogP contribution in [-0.2, 0) is 0 Å². The molecule has 0 aromatic heterocycles. The first-order valence-corrected chi connectivity index (χ1v) is 7.50. The van der Waals surface area contributed by atoms with Crippen molar-refractivity contribution < 1.29 is 4.79 Å². The van der Waals surface area contributed by atoms with Crippen molar-refractivity contribution in [2.24, 2.45) is 17.8 Å². The van der Waals surface area contributed by atoms with Gasteiger partial charge in [0.25, 0.3) is 0 Å². The van der Waals surface area contributed by atoms with E-state index in [9.17, 15) is 4.79 Å². The van der Waals surface area contributed by atoms with E-state index in [1.807, 2.05) is 19.1 Å². The average Bonchev–Trinajstić information content (AvgIpc) is 2.33. The monoisotopic (exact) mass is 296 g/mol. The number of aryl methyl sites for hydroxylation is 1. The van der Waals surface area contributed by atoms with E-state index in [0.29, 0.717) is 35.0 Å². The largest absolute Gasteiger partial charge is 0.338 e. The minimum atomic E-state index is -0.184. The molecule has 1 rings (SSSR count). The zero-order chi connectivity index (χ0) is 15.3. The Morgan fingerprint density at radius 1 is 1.20 bits per heavy atom. The van der Waals surface area contributed by atoms with Gasteiger partial charge in [0.2, 0.25) is 0 Å². The lowest BCUT2D eigenvalue weighted by molar-refractivity contribution is 0.239. The molecule has 20 heavy (non-hydrogen) atoms. The molecule has 1 aromatic rings. The van der Waals surface area contributed by atoms with Crippen LogP contribution in [0.4, 0.5) is 10.5 Å².